The lowest BCUT2D eigenvalue weighted by molar-refractivity contribution is 0.527. The SMILES string of the molecule is C1=CC2C3C=CC=CC3N(c3cc([Si](c4ccccc4)(c4ccccc4)c4ccccc4)cc(N4C5C=CC=CC5C5C=CC=CC54)c3N3C4C=CC=CC4C4C=CC=CC43)C2C=C1. The number of hydrogen-bond acceptors (Lipinski definition) is 3. The van der Waals surface area contributed by atoms with Gasteiger partial charge in [0, 0.05) is 35.5 Å². The van der Waals surface area contributed by atoms with Crippen molar-refractivity contribution >= 4 is 45.9 Å². The minimum atomic E-state index is -3.02. The van der Waals surface area contributed by atoms with E-state index in [0.717, 1.165) is 0 Å². The molecule has 64 heavy (non-hydrogen) atoms. The average Bonchev–Trinajstić information content (AvgIpc) is 4.01. The summed E-state index contributed by atoms with van der Waals surface area (Å²) in [5, 5.41) is 5.62. The van der Waals surface area contributed by atoms with Crippen molar-refractivity contribution in [3.63, 3.8) is 0 Å². The van der Waals surface area contributed by atoms with Crippen LogP contribution in [0.5, 0.6) is 0 Å². The highest BCUT2D eigenvalue weighted by Gasteiger charge is 2.54. The molecule has 0 spiro atoms. The second-order valence-corrected chi connectivity index (χ2v) is 22.8. The zero-order valence-electron chi connectivity index (χ0n) is 35.9. The van der Waals surface area contributed by atoms with Gasteiger partial charge in [0.2, 0.25) is 0 Å². The summed E-state index contributed by atoms with van der Waals surface area (Å²) < 4.78 is 0. The van der Waals surface area contributed by atoms with Gasteiger partial charge < -0.3 is 14.7 Å². The van der Waals surface area contributed by atoms with Crippen LogP contribution in [0.2, 0.25) is 0 Å². The van der Waals surface area contributed by atoms with Crippen molar-refractivity contribution in [1.29, 1.82) is 0 Å². The number of rotatable bonds is 7. The summed E-state index contributed by atoms with van der Waals surface area (Å²) >= 11 is 0. The number of nitrogens with zero attached hydrogens (tertiary/aromatic N) is 3. The van der Waals surface area contributed by atoms with E-state index in [0.29, 0.717) is 35.5 Å². The van der Waals surface area contributed by atoms with Gasteiger partial charge in [-0.1, -0.05) is 237 Å². The van der Waals surface area contributed by atoms with Crippen LogP contribution in [0.25, 0.3) is 0 Å². The van der Waals surface area contributed by atoms with Crippen LogP contribution < -0.4 is 35.4 Å². The van der Waals surface area contributed by atoms with Gasteiger partial charge in [0.15, 0.2) is 8.07 Å². The lowest BCUT2D eigenvalue weighted by atomic mass is 9.83. The minimum absolute atomic E-state index is 0.197. The van der Waals surface area contributed by atoms with Gasteiger partial charge in [-0.05, 0) is 32.9 Å². The normalized spacial score (nSPS) is 32.8. The molecule has 4 aromatic carbocycles. The molecule has 0 bridgehead atoms. The Morgan fingerprint density at radius 2 is 0.516 bits per heavy atom. The summed E-state index contributed by atoms with van der Waals surface area (Å²) in [5.41, 5.74) is 4.08. The van der Waals surface area contributed by atoms with E-state index in [4.69, 9.17) is 0 Å². The highest BCUT2D eigenvalue weighted by atomic mass is 28.3. The first-order chi connectivity index (χ1) is 31.8. The molecule has 0 amide bonds. The van der Waals surface area contributed by atoms with E-state index in [9.17, 15) is 0 Å². The highest BCUT2D eigenvalue weighted by molar-refractivity contribution is 7.20. The molecule has 3 saturated heterocycles. The number of allylic oxidation sites excluding steroid dienone is 12. The van der Waals surface area contributed by atoms with Crippen molar-refractivity contribution in [3.05, 3.63) is 249 Å². The molecule has 0 N–H and O–H groups in total. The van der Waals surface area contributed by atoms with Crippen LogP contribution in [0, 0.1) is 35.5 Å². The van der Waals surface area contributed by atoms with Crippen molar-refractivity contribution in [1.82, 2.24) is 0 Å². The summed E-state index contributed by atoms with van der Waals surface area (Å²) in [4.78, 5) is 8.65. The summed E-state index contributed by atoms with van der Waals surface area (Å²) in [7, 11) is -3.02. The van der Waals surface area contributed by atoms with Gasteiger partial charge in [-0.3, -0.25) is 0 Å². The first-order valence-corrected chi connectivity index (χ1v) is 25.6. The molecule has 0 aromatic heterocycles. The Balaban J connectivity index is 1.19. The second-order valence-electron chi connectivity index (χ2n) is 19.0. The molecule has 9 aliphatic rings. The number of hydrogen-bond donors (Lipinski definition) is 0. The summed E-state index contributed by atoms with van der Waals surface area (Å²) in [5.74, 6) is 2.19. The van der Waals surface area contributed by atoms with Crippen molar-refractivity contribution in [2.75, 3.05) is 14.7 Å². The molecule has 3 nitrogen and oxygen atoms in total. The molecule has 3 fully saturated rings. The lowest BCUT2D eigenvalue weighted by Gasteiger charge is -2.45. The Labute approximate surface area is 379 Å². The van der Waals surface area contributed by atoms with Gasteiger partial charge in [0.25, 0.3) is 0 Å². The van der Waals surface area contributed by atoms with Crippen molar-refractivity contribution in [2.45, 2.75) is 36.3 Å². The number of benzene rings is 4. The fourth-order valence-corrected chi connectivity index (χ4v) is 18.3. The second kappa shape index (κ2) is 15.3. The molecule has 12 unspecified atom stereocenters. The number of fused-ring (bicyclic) bond motifs is 9. The molecule has 0 saturated carbocycles. The zero-order chi connectivity index (χ0) is 42.2. The molecular weight excluding hydrogens is 791 g/mol. The number of anilines is 3. The maximum Gasteiger partial charge on any atom is 0.179 e. The fraction of sp³-hybridized carbons (Fsp3) is 0.200. The predicted octanol–water partition coefficient (Wildman–Crippen LogP) is 9.19. The van der Waals surface area contributed by atoms with Crippen LogP contribution in [-0.2, 0) is 0 Å². The smallest absolute Gasteiger partial charge is 0.179 e. The van der Waals surface area contributed by atoms with E-state index in [1.165, 1.54) is 37.8 Å². The standard InChI is InChI=1S/C60H53N3Si/c1-4-22-42(23-5-1)64(43-24-6-2-7-25-43,44-26-8-3-9-27-44)45-40-58(61-52-34-16-10-28-46(52)47-29-11-17-35-53(47)61)60(63-56-38-20-14-32-50(56)51-33-15-21-39-57(51)63)59(41-45)62-54-36-18-12-30-48(54)49-31-13-19-37-55(49)62/h1-41,46-57H. The topological polar surface area (TPSA) is 9.72 Å². The minimum Gasteiger partial charge on any atom is -0.356 e. The molecule has 12 atom stereocenters. The predicted molar refractivity (Wildman–Crippen MR) is 271 cm³/mol. The molecule has 13 rings (SSSR count). The molecule has 3 aliphatic heterocycles. The molecular formula is C60H53N3Si. The van der Waals surface area contributed by atoms with Crippen LogP contribution in [0.3, 0.4) is 0 Å². The molecule has 312 valence electrons. The van der Waals surface area contributed by atoms with Gasteiger partial charge >= 0.3 is 0 Å². The van der Waals surface area contributed by atoms with Crippen LogP contribution in [-0.4, -0.2) is 44.3 Å². The first kappa shape index (κ1) is 37.9. The largest absolute Gasteiger partial charge is 0.356 e. The summed E-state index contributed by atoms with van der Waals surface area (Å²) in [6.45, 7) is 0. The summed E-state index contributed by atoms with van der Waals surface area (Å²) in [6.07, 6.45) is 57.6. The molecule has 4 heteroatoms. The van der Waals surface area contributed by atoms with Gasteiger partial charge in [0.05, 0.1) is 53.3 Å². The maximum absolute atomic E-state index is 3.02. The van der Waals surface area contributed by atoms with Crippen molar-refractivity contribution in [2.24, 2.45) is 35.5 Å². The van der Waals surface area contributed by atoms with Crippen LogP contribution in [0.4, 0.5) is 17.1 Å². The van der Waals surface area contributed by atoms with Crippen LogP contribution >= 0.6 is 0 Å². The van der Waals surface area contributed by atoms with Gasteiger partial charge in [-0.25, -0.2) is 0 Å². The van der Waals surface area contributed by atoms with Crippen LogP contribution in [0.15, 0.2) is 249 Å². The van der Waals surface area contributed by atoms with E-state index in [2.05, 4.69) is 264 Å². The third-order valence-corrected chi connectivity index (χ3v) is 20.8. The van der Waals surface area contributed by atoms with Gasteiger partial charge in [-0.15, -0.1) is 0 Å². The average molecular weight is 844 g/mol. The van der Waals surface area contributed by atoms with Gasteiger partial charge in [0.1, 0.15) is 0 Å². The van der Waals surface area contributed by atoms with Crippen molar-refractivity contribution in [3.8, 4) is 0 Å². The quantitative estimate of drug-likeness (QED) is 0.136. The van der Waals surface area contributed by atoms with E-state index in [-0.39, 0.29) is 36.3 Å². The van der Waals surface area contributed by atoms with E-state index < -0.39 is 8.07 Å². The molecule has 6 aliphatic carbocycles. The first-order valence-electron chi connectivity index (χ1n) is 23.6. The maximum atomic E-state index is 2.89. The van der Waals surface area contributed by atoms with Gasteiger partial charge in [-0.2, -0.15) is 0 Å². The molecule has 0 radical (unpaired) electrons. The Morgan fingerprint density at radius 3 is 0.797 bits per heavy atom. The van der Waals surface area contributed by atoms with E-state index >= 15 is 0 Å². The molecule has 4 aromatic rings. The fourth-order valence-electron chi connectivity index (χ4n) is 13.6. The van der Waals surface area contributed by atoms with Crippen LogP contribution in [0.1, 0.15) is 0 Å². The third-order valence-electron chi connectivity index (χ3n) is 16.1. The van der Waals surface area contributed by atoms with E-state index in [1.807, 2.05) is 0 Å². The third kappa shape index (κ3) is 5.58. The summed E-state index contributed by atoms with van der Waals surface area (Å²) in [6, 6.07) is 41.3. The lowest BCUT2D eigenvalue weighted by Crippen LogP contribution is -2.74. The Hall–Kier alpha value is -6.62. The van der Waals surface area contributed by atoms with E-state index in [1.54, 1.807) is 0 Å². The monoisotopic (exact) mass is 843 g/mol. The Bertz CT molecular complexity index is 2540. The highest BCUT2D eigenvalue weighted by Crippen LogP contribution is 2.56. The molecule has 3 heterocycles. The Morgan fingerprint density at radius 1 is 0.266 bits per heavy atom. The Kier molecular flexibility index (Phi) is 9.04. The van der Waals surface area contributed by atoms with Crippen molar-refractivity contribution < 1.29 is 0 Å². The zero-order valence-corrected chi connectivity index (χ0v) is 36.9.